The highest BCUT2D eigenvalue weighted by Crippen LogP contribution is 2.22. The second kappa shape index (κ2) is 8.19. The number of hydrogen-bond acceptors (Lipinski definition) is 7. The van der Waals surface area contributed by atoms with Gasteiger partial charge in [0, 0.05) is 19.0 Å². The van der Waals surface area contributed by atoms with Crippen LogP contribution in [0.5, 0.6) is 0 Å². The minimum absolute atomic E-state index is 0.0584. The lowest BCUT2D eigenvalue weighted by molar-refractivity contribution is -0.269. The summed E-state index contributed by atoms with van der Waals surface area (Å²) in [6.45, 7) is 7.75. The lowest BCUT2D eigenvalue weighted by atomic mass is 9.97. The monoisotopic (exact) mass is 320 g/mol. The van der Waals surface area contributed by atoms with Gasteiger partial charge in [-0.25, -0.2) is 0 Å². The Balaban J connectivity index is 2.63. The predicted octanol–water partition coefficient (Wildman–Crippen LogP) is -1.67. The number of aliphatic hydroxyl groups excluding tert-OH is 3. The average molecular weight is 320 g/mol. The number of ether oxygens (including phenoxy) is 2. The quantitative estimate of drug-likeness (QED) is 0.371. The van der Waals surface area contributed by atoms with Gasteiger partial charge in [0.15, 0.2) is 6.29 Å². The number of amides is 1. The maximum Gasteiger partial charge on any atom is 0.217 e. The first-order valence-electron chi connectivity index (χ1n) is 7.42. The lowest BCUT2D eigenvalue weighted by Gasteiger charge is -2.42. The molecule has 5 atom stereocenters. The average Bonchev–Trinajstić information content (AvgIpc) is 2.40. The van der Waals surface area contributed by atoms with Crippen LogP contribution in [-0.2, 0) is 14.3 Å². The third-order valence-corrected chi connectivity index (χ3v) is 3.29. The molecule has 1 aliphatic rings. The molecule has 1 fully saturated rings. The molecule has 8 nitrogen and oxygen atoms in total. The van der Waals surface area contributed by atoms with Gasteiger partial charge >= 0.3 is 0 Å². The minimum Gasteiger partial charge on any atom is -0.394 e. The van der Waals surface area contributed by atoms with E-state index < -0.39 is 37.3 Å². The van der Waals surface area contributed by atoms with Gasteiger partial charge in [0.25, 0.3) is 0 Å². The molecule has 0 saturated carbocycles. The highest BCUT2D eigenvalue weighted by atomic mass is 16.7. The van der Waals surface area contributed by atoms with Crippen LogP contribution in [-0.4, -0.2) is 77.2 Å². The Morgan fingerprint density at radius 2 is 1.91 bits per heavy atom. The van der Waals surface area contributed by atoms with Gasteiger partial charge in [-0.2, -0.15) is 0 Å². The van der Waals surface area contributed by atoms with Gasteiger partial charge in [0.05, 0.1) is 13.2 Å². The number of carbonyl (C=O) groups excluding carboxylic acids is 1. The van der Waals surface area contributed by atoms with E-state index in [0.29, 0.717) is 13.2 Å². The summed E-state index contributed by atoms with van der Waals surface area (Å²) in [6, 6.07) is -0.898. The first kappa shape index (κ1) is 19.3. The molecule has 1 aliphatic heterocycles. The van der Waals surface area contributed by atoms with Crippen molar-refractivity contribution in [3.05, 3.63) is 0 Å². The van der Waals surface area contributed by atoms with Crippen LogP contribution in [0.15, 0.2) is 0 Å². The van der Waals surface area contributed by atoms with E-state index in [2.05, 4.69) is 10.6 Å². The highest BCUT2D eigenvalue weighted by Gasteiger charge is 2.45. The van der Waals surface area contributed by atoms with Gasteiger partial charge in [-0.3, -0.25) is 4.79 Å². The number of carbonyl (C=O) groups is 1. The summed E-state index contributed by atoms with van der Waals surface area (Å²) in [6.07, 6.45) is -4.48. The van der Waals surface area contributed by atoms with Crippen molar-refractivity contribution >= 4 is 5.91 Å². The number of rotatable bonds is 6. The maximum absolute atomic E-state index is 11.2. The molecular formula is C14H28N2O6. The van der Waals surface area contributed by atoms with Crippen molar-refractivity contribution in [2.45, 2.75) is 63.9 Å². The molecule has 0 aromatic heterocycles. The van der Waals surface area contributed by atoms with E-state index >= 15 is 0 Å². The summed E-state index contributed by atoms with van der Waals surface area (Å²) in [5.74, 6) is -0.372. The van der Waals surface area contributed by atoms with Crippen molar-refractivity contribution in [2.75, 3.05) is 19.8 Å². The van der Waals surface area contributed by atoms with Gasteiger partial charge in [0.2, 0.25) is 5.91 Å². The van der Waals surface area contributed by atoms with Gasteiger partial charge < -0.3 is 35.4 Å². The third-order valence-electron chi connectivity index (χ3n) is 3.29. The van der Waals surface area contributed by atoms with E-state index in [9.17, 15) is 20.1 Å². The first-order valence-corrected chi connectivity index (χ1v) is 7.42. The topological polar surface area (TPSA) is 120 Å². The standard InChI is InChI=1S/C14H28N2O6/c1-8(18)16-10-12(20)11(19)9(7-17)22-13(10)21-6-5-15-14(2,3)4/h9-13,15,17,19-20H,5-7H2,1-4H3,(H,16,18)/t9?,10?,11-,12-,13-/m1/s1. The van der Waals surface area contributed by atoms with Crippen molar-refractivity contribution in [1.29, 1.82) is 0 Å². The molecule has 0 bridgehead atoms. The third kappa shape index (κ3) is 5.79. The fourth-order valence-corrected chi connectivity index (χ4v) is 2.21. The molecule has 0 aromatic carbocycles. The Kier molecular flexibility index (Phi) is 7.17. The fourth-order valence-electron chi connectivity index (χ4n) is 2.21. The molecule has 2 unspecified atom stereocenters. The van der Waals surface area contributed by atoms with Crippen LogP contribution in [0.4, 0.5) is 0 Å². The van der Waals surface area contributed by atoms with Crippen LogP contribution in [0.25, 0.3) is 0 Å². The van der Waals surface area contributed by atoms with Crippen molar-refractivity contribution in [3.63, 3.8) is 0 Å². The molecule has 0 aliphatic carbocycles. The van der Waals surface area contributed by atoms with Crippen LogP contribution in [0.3, 0.4) is 0 Å². The maximum atomic E-state index is 11.2. The molecule has 130 valence electrons. The summed E-state index contributed by atoms with van der Waals surface area (Å²) < 4.78 is 11.0. The van der Waals surface area contributed by atoms with Gasteiger partial charge in [-0.05, 0) is 20.8 Å². The van der Waals surface area contributed by atoms with Crippen LogP contribution in [0, 0.1) is 0 Å². The normalized spacial score (nSPS) is 32.8. The van der Waals surface area contributed by atoms with Gasteiger partial charge in [0.1, 0.15) is 24.4 Å². The summed E-state index contributed by atoms with van der Waals surface area (Å²) in [4.78, 5) is 11.2. The molecule has 1 amide bonds. The van der Waals surface area contributed by atoms with Gasteiger partial charge in [-0.1, -0.05) is 0 Å². The Labute approximate surface area is 130 Å². The highest BCUT2D eigenvalue weighted by molar-refractivity contribution is 5.73. The van der Waals surface area contributed by atoms with E-state index in [0.717, 1.165) is 0 Å². The smallest absolute Gasteiger partial charge is 0.217 e. The number of aliphatic hydroxyl groups is 3. The van der Waals surface area contributed by atoms with E-state index in [1.807, 2.05) is 20.8 Å². The van der Waals surface area contributed by atoms with Crippen LogP contribution >= 0.6 is 0 Å². The van der Waals surface area contributed by atoms with E-state index in [1.165, 1.54) is 6.92 Å². The zero-order valence-electron chi connectivity index (χ0n) is 13.6. The first-order chi connectivity index (χ1) is 10.2. The molecule has 0 radical (unpaired) electrons. The van der Waals surface area contributed by atoms with Crippen molar-refractivity contribution in [1.82, 2.24) is 10.6 Å². The molecule has 8 heteroatoms. The molecule has 0 aromatic rings. The summed E-state index contributed by atoms with van der Waals surface area (Å²) >= 11 is 0. The fraction of sp³-hybridized carbons (Fsp3) is 0.929. The molecule has 5 N–H and O–H groups in total. The molecule has 1 rings (SSSR count). The zero-order valence-corrected chi connectivity index (χ0v) is 13.6. The van der Waals surface area contributed by atoms with Crippen LogP contribution in [0.1, 0.15) is 27.7 Å². The molecule has 1 saturated heterocycles. The van der Waals surface area contributed by atoms with E-state index in [-0.39, 0.29) is 11.4 Å². The minimum atomic E-state index is -1.30. The lowest BCUT2D eigenvalue weighted by Crippen LogP contribution is -2.64. The second-order valence-corrected chi connectivity index (χ2v) is 6.48. The SMILES string of the molecule is CC(=O)NC1[C@H](OCCNC(C)(C)C)OC(CO)[C@@H](O)[C@@H]1O. The summed E-state index contributed by atoms with van der Waals surface area (Å²) in [7, 11) is 0. The zero-order chi connectivity index (χ0) is 16.9. The Bertz CT molecular complexity index is 360. The van der Waals surface area contributed by atoms with E-state index in [4.69, 9.17) is 9.47 Å². The Hall–Kier alpha value is -0.770. The Morgan fingerprint density at radius 3 is 2.41 bits per heavy atom. The summed E-state index contributed by atoms with van der Waals surface area (Å²) in [5.41, 5.74) is -0.0584. The Morgan fingerprint density at radius 1 is 1.27 bits per heavy atom. The van der Waals surface area contributed by atoms with Crippen molar-refractivity contribution in [3.8, 4) is 0 Å². The van der Waals surface area contributed by atoms with Crippen LogP contribution < -0.4 is 10.6 Å². The largest absolute Gasteiger partial charge is 0.394 e. The predicted molar refractivity (Wildman–Crippen MR) is 79.1 cm³/mol. The molecule has 22 heavy (non-hydrogen) atoms. The molecule has 0 spiro atoms. The van der Waals surface area contributed by atoms with E-state index in [1.54, 1.807) is 0 Å². The summed E-state index contributed by atoms with van der Waals surface area (Å²) in [5, 5.41) is 34.9. The number of nitrogens with one attached hydrogen (secondary N) is 2. The number of hydrogen-bond donors (Lipinski definition) is 5. The van der Waals surface area contributed by atoms with Crippen molar-refractivity contribution < 1.29 is 29.6 Å². The van der Waals surface area contributed by atoms with Crippen LogP contribution in [0.2, 0.25) is 0 Å². The van der Waals surface area contributed by atoms with Crippen molar-refractivity contribution in [2.24, 2.45) is 0 Å². The molecular weight excluding hydrogens is 292 g/mol. The molecule has 1 heterocycles. The van der Waals surface area contributed by atoms with Gasteiger partial charge in [-0.15, -0.1) is 0 Å². The second-order valence-electron chi connectivity index (χ2n) is 6.48.